The van der Waals surface area contributed by atoms with Crippen molar-refractivity contribution in [2.24, 2.45) is 0 Å². The third-order valence-corrected chi connectivity index (χ3v) is 3.38. The lowest BCUT2D eigenvalue weighted by atomic mass is 10.0. The van der Waals surface area contributed by atoms with E-state index in [0.29, 0.717) is 10.6 Å². The largest absolute Gasteiger partial charge is 0.384 e. The highest BCUT2D eigenvalue weighted by Gasteiger charge is 2.24. The van der Waals surface area contributed by atoms with Crippen LogP contribution >= 0.6 is 11.6 Å². The quantitative estimate of drug-likeness (QED) is 0.820. The summed E-state index contributed by atoms with van der Waals surface area (Å²) in [4.78, 5) is 0. The van der Waals surface area contributed by atoms with Gasteiger partial charge in [0.1, 0.15) is 11.9 Å². The molecule has 0 spiro atoms. The molecule has 90 valence electrons. The highest BCUT2D eigenvalue weighted by atomic mass is 35.5. The average molecular weight is 261 g/mol. The summed E-state index contributed by atoms with van der Waals surface area (Å²) in [7, 11) is 0. The van der Waals surface area contributed by atoms with E-state index in [4.69, 9.17) is 11.6 Å². The van der Waals surface area contributed by atoms with Crippen molar-refractivity contribution in [1.82, 2.24) is 0 Å². The first kappa shape index (κ1) is 11.5. The fraction of sp³-hybridized carbons (Fsp3) is 0.0667. The van der Waals surface area contributed by atoms with Crippen molar-refractivity contribution in [3.8, 4) is 0 Å². The van der Waals surface area contributed by atoms with E-state index in [0.717, 1.165) is 16.7 Å². The molecule has 1 aliphatic rings. The van der Waals surface area contributed by atoms with Gasteiger partial charge in [0.05, 0.1) is 0 Å². The monoisotopic (exact) mass is 260 g/mol. The molecule has 0 amide bonds. The second kappa shape index (κ2) is 4.23. The van der Waals surface area contributed by atoms with Crippen LogP contribution in [0.15, 0.2) is 42.5 Å². The van der Waals surface area contributed by atoms with Gasteiger partial charge in [0, 0.05) is 5.02 Å². The van der Waals surface area contributed by atoms with Gasteiger partial charge in [0.25, 0.3) is 0 Å². The molecular weight excluding hydrogens is 251 g/mol. The molecule has 1 N–H and O–H groups in total. The molecule has 1 atom stereocenters. The minimum absolute atomic E-state index is 0.335. The molecule has 0 heterocycles. The lowest BCUT2D eigenvalue weighted by Crippen LogP contribution is -1.97. The highest BCUT2D eigenvalue weighted by Crippen LogP contribution is 2.40. The maximum Gasteiger partial charge on any atom is 0.123 e. The molecule has 2 aromatic rings. The van der Waals surface area contributed by atoms with E-state index in [1.807, 2.05) is 18.2 Å². The Morgan fingerprint density at radius 2 is 1.78 bits per heavy atom. The van der Waals surface area contributed by atoms with Gasteiger partial charge in [-0.05, 0) is 52.6 Å². The third kappa shape index (κ3) is 1.84. The van der Waals surface area contributed by atoms with E-state index < -0.39 is 6.10 Å². The molecular formula is C15H10ClFO. The Hall–Kier alpha value is -1.64. The van der Waals surface area contributed by atoms with E-state index in [2.05, 4.69) is 0 Å². The molecule has 0 radical (unpaired) electrons. The van der Waals surface area contributed by atoms with Gasteiger partial charge in [-0.15, -0.1) is 0 Å². The Bertz CT molecular complexity index is 631. The van der Waals surface area contributed by atoms with Gasteiger partial charge in [0.2, 0.25) is 0 Å². The van der Waals surface area contributed by atoms with Crippen molar-refractivity contribution in [2.45, 2.75) is 6.10 Å². The van der Waals surface area contributed by atoms with Crippen LogP contribution in [0.4, 0.5) is 4.39 Å². The molecule has 0 fully saturated rings. The van der Waals surface area contributed by atoms with Crippen LogP contribution in [0.1, 0.15) is 22.8 Å². The van der Waals surface area contributed by atoms with Crippen LogP contribution in [0.5, 0.6) is 0 Å². The summed E-state index contributed by atoms with van der Waals surface area (Å²) in [6.07, 6.45) is 1.10. The second-order valence-corrected chi connectivity index (χ2v) is 4.72. The summed E-state index contributed by atoms with van der Waals surface area (Å²) in [5, 5.41) is 10.9. The number of aliphatic hydroxyl groups is 1. The summed E-state index contributed by atoms with van der Waals surface area (Å²) >= 11 is 5.83. The smallest absolute Gasteiger partial charge is 0.123 e. The number of halogens is 2. The SMILES string of the molecule is OC1C(c2ccc(Cl)cc2)=Cc2ccc(F)cc21. The minimum Gasteiger partial charge on any atom is -0.384 e. The Morgan fingerprint density at radius 1 is 1.06 bits per heavy atom. The fourth-order valence-corrected chi connectivity index (χ4v) is 2.34. The normalized spacial score (nSPS) is 17.5. The fourth-order valence-electron chi connectivity index (χ4n) is 2.21. The summed E-state index contributed by atoms with van der Waals surface area (Å²) in [6.45, 7) is 0. The van der Waals surface area contributed by atoms with E-state index >= 15 is 0 Å². The van der Waals surface area contributed by atoms with E-state index in [1.54, 1.807) is 18.2 Å². The molecule has 0 aliphatic heterocycles. The maximum absolute atomic E-state index is 13.2. The van der Waals surface area contributed by atoms with Crippen LogP contribution < -0.4 is 0 Å². The zero-order valence-corrected chi connectivity index (χ0v) is 10.2. The van der Waals surface area contributed by atoms with Gasteiger partial charge < -0.3 is 5.11 Å². The van der Waals surface area contributed by atoms with Gasteiger partial charge in [0.15, 0.2) is 0 Å². The molecule has 1 unspecified atom stereocenters. The number of hydrogen-bond donors (Lipinski definition) is 1. The topological polar surface area (TPSA) is 20.2 Å². The second-order valence-electron chi connectivity index (χ2n) is 4.28. The highest BCUT2D eigenvalue weighted by molar-refractivity contribution is 6.30. The van der Waals surface area contributed by atoms with Crippen LogP contribution in [0.25, 0.3) is 11.6 Å². The lowest BCUT2D eigenvalue weighted by Gasteiger charge is -2.10. The molecule has 1 aliphatic carbocycles. The Balaban J connectivity index is 2.05. The summed E-state index contributed by atoms with van der Waals surface area (Å²) in [5.74, 6) is -0.335. The first-order valence-corrected chi connectivity index (χ1v) is 5.98. The van der Waals surface area contributed by atoms with Crippen molar-refractivity contribution in [1.29, 1.82) is 0 Å². The Kier molecular flexibility index (Phi) is 2.69. The van der Waals surface area contributed by atoms with Crippen LogP contribution in [-0.4, -0.2) is 5.11 Å². The van der Waals surface area contributed by atoms with E-state index in [9.17, 15) is 9.50 Å². The zero-order valence-electron chi connectivity index (χ0n) is 9.40. The predicted octanol–water partition coefficient (Wildman–Crippen LogP) is 4.07. The van der Waals surface area contributed by atoms with Gasteiger partial charge in [-0.3, -0.25) is 0 Å². The van der Waals surface area contributed by atoms with Crippen molar-refractivity contribution in [3.63, 3.8) is 0 Å². The number of rotatable bonds is 1. The molecule has 0 saturated carbocycles. The average Bonchev–Trinajstić information content (AvgIpc) is 2.68. The molecule has 2 aromatic carbocycles. The molecule has 18 heavy (non-hydrogen) atoms. The summed E-state index contributed by atoms with van der Waals surface area (Å²) in [5.41, 5.74) is 3.13. The van der Waals surface area contributed by atoms with E-state index in [1.165, 1.54) is 12.1 Å². The maximum atomic E-state index is 13.2. The number of benzene rings is 2. The minimum atomic E-state index is -0.781. The predicted molar refractivity (Wildman–Crippen MR) is 70.7 cm³/mol. The van der Waals surface area contributed by atoms with Crippen LogP contribution in [0.2, 0.25) is 5.02 Å². The van der Waals surface area contributed by atoms with Gasteiger partial charge in [-0.25, -0.2) is 4.39 Å². The van der Waals surface area contributed by atoms with Crippen molar-refractivity contribution < 1.29 is 9.50 Å². The molecule has 0 aromatic heterocycles. The Morgan fingerprint density at radius 3 is 2.50 bits per heavy atom. The molecule has 0 bridgehead atoms. The summed E-state index contributed by atoms with van der Waals surface area (Å²) in [6, 6.07) is 11.7. The first-order chi connectivity index (χ1) is 8.65. The number of hydrogen-bond acceptors (Lipinski definition) is 1. The van der Waals surface area contributed by atoms with Crippen LogP contribution in [0.3, 0.4) is 0 Å². The molecule has 3 rings (SSSR count). The van der Waals surface area contributed by atoms with Gasteiger partial charge >= 0.3 is 0 Å². The van der Waals surface area contributed by atoms with Gasteiger partial charge in [-0.2, -0.15) is 0 Å². The standard InChI is InChI=1S/C15H10ClFO/c16-11-4-1-9(2-5-11)13-7-10-3-6-12(17)8-14(10)15(13)18/h1-8,15,18H. The van der Waals surface area contributed by atoms with Crippen LogP contribution in [-0.2, 0) is 0 Å². The third-order valence-electron chi connectivity index (χ3n) is 3.13. The molecule has 1 nitrogen and oxygen atoms in total. The first-order valence-electron chi connectivity index (χ1n) is 5.60. The Labute approximate surface area is 109 Å². The molecule has 3 heteroatoms. The van der Waals surface area contributed by atoms with Crippen molar-refractivity contribution in [2.75, 3.05) is 0 Å². The van der Waals surface area contributed by atoms with Gasteiger partial charge in [-0.1, -0.05) is 29.8 Å². The van der Waals surface area contributed by atoms with Crippen molar-refractivity contribution >= 4 is 23.3 Å². The van der Waals surface area contributed by atoms with E-state index in [-0.39, 0.29) is 5.82 Å². The van der Waals surface area contributed by atoms with Crippen LogP contribution in [0, 0.1) is 5.82 Å². The lowest BCUT2D eigenvalue weighted by molar-refractivity contribution is 0.240. The van der Waals surface area contributed by atoms with Crippen molar-refractivity contribution in [3.05, 3.63) is 70.0 Å². The number of fused-ring (bicyclic) bond motifs is 1. The summed E-state index contributed by atoms with van der Waals surface area (Å²) < 4.78 is 13.2. The number of aliphatic hydroxyl groups excluding tert-OH is 1. The molecule has 0 saturated heterocycles. The zero-order chi connectivity index (χ0) is 12.7.